The van der Waals surface area contributed by atoms with Gasteiger partial charge in [-0.1, -0.05) is 30.3 Å². The highest BCUT2D eigenvalue weighted by molar-refractivity contribution is 5.93. The monoisotopic (exact) mass is 421 g/mol. The number of hydrogen-bond acceptors (Lipinski definition) is 6. The smallest absolute Gasteiger partial charge is 0.290 e. The number of non-ortho nitro benzene ring substituents is 1. The molecule has 0 saturated carbocycles. The Hall–Kier alpha value is -3.65. The van der Waals surface area contributed by atoms with Crippen LogP contribution in [0.1, 0.15) is 21.7 Å². The maximum Gasteiger partial charge on any atom is 0.290 e. The van der Waals surface area contributed by atoms with Crippen LogP contribution in [0, 0.1) is 10.1 Å². The quantitative estimate of drug-likeness (QED) is 0.427. The van der Waals surface area contributed by atoms with Gasteiger partial charge in [0.15, 0.2) is 5.76 Å². The summed E-state index contributed by atoms with van der Waals surface area (Å²) in [4.78, 5) is 27.5. The number of rotatable bonds is 7. The van der Waals surface area contributed by atoms with E-state index >= 15 is 0 Å². The molecule has 1 amide bonds. The predicted molar refractivity (Wildman–Crippen MR) is 114 cm³/mol. The molecule has 8 heteroatoms. The standard InChI is InChI=1S/C23H23N3O5/c27-23(22-19(9-14-30-22)17-31-21-7-2-1-3-8-21)25-12-10-24(11-13-25)16-18-5-4-6-20(15-18)26(28)29/h1-9,14-15H,10-13,16-17H2. The highest BCUT2D eigenvalue weighted by atomic mass is 16.6. The number of piperazine rings is 1. The first kappa shape index (κ1) is 20.6. The first-order valence-electron chi connectivity index (χ1n) is 10.1. The molecule has 1 aliphatic rings. The Bertz CT molecular complexity index is 1040. The highest BCUT2D eigenvalue weighted by Gasteiger charge is 2.26. The number of nitrogens with zero attached hydrogens (tertiary/aromatic N) is 3. The summed E-state index contributed by atoms with van der Waals surface area (Å²) >= 11 is 0. The summed E-state index contributed by atoms with van der Waals surface area (Å²) in [7, 11) is 0. The van der Waals surface area contributed by atoms with Crippen LogP contribution in [-0.2, 0) is 13.2 Å². The van der Waals surface area contributed by atoms with E-state index in [1.807, 2.05) is 36.4 Å². The summed E-state index contributed by atoms with van der Waals surface area (Å²) in [5.41, 5.74) is 1.70. The second-order valence-corrected chi connectivity index (χ2v) is 7.37. The molecule has 2 aromatic carbocycles. The Labute approximate surface area is 179 Å². The summed E-state index contributed by atoms with van der Waals surface area (Å²) in [6, 6.07) is 17.8. The molecule has 0 unspecified atom stereocenters. The Morgan fingerprint density at radius 3 is 2.55 bits per heavy atom. The predicted octanol–water partition coefficient (Wildman–Crippen LogP) is 3.72. The van der Waals surface area contributed by atoms with Crippen LogP contribution in [0.25, 0.3) is 0 Å². The van der Waals surface area contributed by atoms with Crippen LogP contribution in [0.3, 0.4) is 0 Å². The molecular weight excluding hydrogens is 398 g/mol. The van der Waals surface area contributed by atoms with E-state index in [4.69, 9.17) is 9.15 Å². The zero-order chi connectivity index (χ0) is 21.6. The van der Waals surface area contributed by atoms with E-state index in [0.29, 0.717) is 44.0 Å². The van der Waals surface area contributed by atoms with Gasteiger partial charge < -0.3 is 14.1 Å². The zero-order valence-electron chi connectivity index (χ0n) is 17.0. The van der Waals surface area contributed by atoms with Crippen molar-refractivity contribution >= 4 is 11.6 Å². The van der Waals surface area contributed by atoms with Gasteiger partial charge in [0.1, 0.15) is 12.4 Å². The van der Waals surface area contributed by atoms with Crippen molar-refractivity contribution < 1.29 is 18.9 Å². The second kappa shape index (κ2) is 9.44. The molecule has 0 spiro atoms. The number of para-hydroxylation sites is 1. The fourth-order valence-electron chi connectivity index (χ4n) is 3.59. The lowest BCUT2D eigenvalue weighted by molar-refractivity contribution is -0.384. The van der Waals surface area contributed by atoms with Crippen molar-refractivity contribution in [2.45, 2.75) is 13.2 Å². The average molecular weight is 421 g/mol. The molecule has 1 fully saturated rings. The fourth-order valence-corrected chi connectivity index (χ4v) is 3.59. The number of carbonyl (C=O) groups is 1. The van der Waals surface area contributed by atoms with E-state index < -0.39 is 0 Å². The van der Waals surface area contributed by atoms with Gasteiger partial charge in [0.05, 0.1) is 11.2 Å². The van der Waals surface area contributed by atoms with E-state index in [1.54, 1.807) is 23.1 Å². The van der Waals surface area contributed by atoms with Crippen LogP contribution in [0.15, 0.2) is 71.3 Å². The second-order valence-electron chi connectivity index (χ2n) is 7.37. The van der Waals surface area contributed by atoms with Crippen LogP contribution in [0.5, 0.6) is 5.75 Å². The normalized spacial score (nSPS) is 14.4. The topological polar surface area (TPSA) is 89.1 Å². The molecule has 3 aromatic rings. The Balaban J connectivity index is 1.32. The van der Waals surface area contributed by atoms with Crippen LogP contribution in [0.2, 0.25) is 0 Å². The largest absolute Gasteiger partial charge is 0.489 e. The van der Waals surface area contributed by atoms with E-state index in [9.17, 15) is 14.9 Å². The van der Waals surface area contributed by atoms with Crippen molar-refractivity contribution in [3.63, 3.8) is 0 Å². The first-order chi connectivity index (χ1) is 15.1. The number of carbonyl (C=O) groups excluding carboxylic acids is 1. The van der Waals surface area contributed by atoms with Crippen molar-refractivity contribution in [3.8, 4) is 5.75 Å². The maximum absolute atomic E-state index is 13.0. The summed E-state index contributed by atoms with van der Waals surface area (Å²) in [5, 5.41) is 11.0. The van der Waals surface area contributed by atoms with Crippen molar-refractivity contribution in [2.24, 2.45) is 0 Å². The van der Waals surface area contributed by atoms with Gasteiger partial charge >= 0.3 is 0 Å². The molecule has 0 atom stereocenters. The van der Waals surface area contributed by atoms with Gasteiger partial charge in [-0.15, -0.1) is 0 Å². The average Bonchev–Trinajstić information content (AvgIpc) is 3.27. The summed E-state index contributed by atoms with van der Waals surface area (Å²) < 4.78 is 11.2. The van der Waals surface area contributed by atoms with Gasteiger partial charge in [-0.25, -0.2) is 0 Å². The third-order valence-corrected chi connectivity index (χ3v) is 5.27. The lowest BCUT2D eigenvalue weighted by atomic mass is 10.1. The molecule has 1 aromatic heterocycles. The molecule has 31 heavy (non-hydrogen) atoms. The Morgan fingerprint density at radius 1 is 1.03 bits per heavy atom. The SMILES string of the molecule is O=C(c1occc1COc1ccccc1)N1CCN(Cc2cccc([N+](=O)[O-])c2)CC1. The fraction of sp³-hybridized carbons (Fsp3) is 0.261. The van der Waals surface area contributed by atoms with E-state index in [1.165, 1.54) is 12.3 Å². The molecule has 160 valence electrons. The van der Waals surface area contributed by atoms with Crippen LogP contribution >= 0.6 is 0 Å². The number of ether oxygens (including phenoxy) is 1. The van der Waals surface area contributed by atoms with Gasteiger partial charge in [0, 0.05) is 50.4 Å². The van der Waals surface area contributed by atoms with Crippen molar-refractivity contribution in [2.75, 3.05) is 26.2 Å². The number of hydrogen-bond donors (Lipinski definition) is 0. The van der Waals surface area contributed by atoms with Gasteiger partial charge in [0.25, 0.3) is 11.6 Å². The van der Waals surface area contributed by atoms with Crippen molar-refractivity contribution in [1.29, 1.82) is 0 Å². The minimum absolute atomic E-state index is 0.0920. The molecule has 0 N–H and O–H groups in total. The summed E-state index contributed by atoms with van der Waals surface area (Å²) in [5.74, 6) is 0.895. The van der Waals surface area contributed by atoms with E-state index in [2.05, 4.69) is 4.90 Å². The number of amides is 1. The Morgan fingerprint density at radius 2 is 1.81 bits per heavy atom. The molecule has 4 rings (SSSR count). The van der Waals surface area contributed by atoms with Crippen molar-refractivity contribution in [1.82, 2.24) is 9.80 Å². The molecule has 0 radical (unpaired) electrons. The summed E-state index contributed by atoms with van der Waals surface area (Å²) in [6.45, 7) is 3.37. The van der Waals surface area contributed by atoms with E-state index in [-0.39, 0.29) is 23.1 Å². The Kier molecular flexibility index (Phi) is 6.28. The molecule has 2 heterocycles. The van der Waals surface area contributed by atoms with Gasteiger partial charge in [-0.05, 0) is 23.8 Å². The molecule has 1 aliphatic heterocycles. The van der Waals surface area contributed by atoms with Gasteiger partial charge in [0.2, 0.25) is 0 Å². The number of furan rings is 1. The lowest BCUT2D eigenvalue weighted by Crippen LogP contribution is -2.48. The highest BCUT2D eigenvalue weighted by Crippen LogP contribution is 2.19. The number of nitro benzene ring substituents is 1. The molecule has 8 nitrogen and oxygen atoms in total. The van der Waals surface area contributed by atoms with Crippen LogP contribution < -0.4 is 4.74 Å². The van der Waals surface area contributed by atoms with Crippen LogP contribution in [-0.4, -0.2) is 46.8 Å². The minimum Gasteiger partial charge on any atom is -0.489 e. The first-order valence-corrected chi connectivity index (χ1v) is 10.1. The zero-order valence-corrected chi connectivity index (χ0v) is 17.0. The van der Waals surface area contributed by atoms with Crippen molar-refractivity contribution in [3.05, 3.63) is 93.9 Å². The van der Waals surface area contributed by atoms with E-state index in [0.717, 1.165) is 11.3 Å². The minimum atomic E-state index is -0.386. The maximum atomic E-state index is 13.0. The number of nitro groups is 1. The third kappa shape index (κ3) is 5.10. The summed E-state index contributed by atoms with van der Waals surface area (Å²) in [6.07, 6.45) is 1.51. The van der Waals surface area contributed by atoms with Gasteiger partial charge in [-0.2, -0.15) is 0 Å². The molecule has 0 bridgehead atoms. The van der Waals surface area contributed by atoms with Crippen LogP contribution in [0.4, 0.5) is 5.69 Å². The molecule has 1 saturated heterocycles. The molecule has 0 aliphatic carbocycles. The molecular formula is C23H23N3O5. The van der Waals surface area contributed by atoms with Gasteiger partial charge in [-0.3, -0.25) is 19.8 Å². The number of benzene rings is 2. The lowest BCUT2D eigenvalue weighted by Gasteiger charge is -2.34. The third-order valence-electron chi connectivity index (χ3n) is 5.27.